The van der Waals surface area contributed by atoms with Crippen LogP contribution in [0.3, 0.4) is 0 Å². The summed E-state index contributed by atoms with van der Waals surface area (Å²) in [7, 11) is 0. The van der Waals surface area contributed by atoms with E-state index in [1.165, 1.54) is 12.7 Å². The SMILES string of the molecule is CCCB1C=CC=CN1. The summed E-state index contributed by atoms with van der Waals surface area (Å²) in [6.07, 6.45) is 8.60. The Morgan fingerprint density at radius 3 is 2.89 bits per heavy atom. The molecule has 48 valence electrons. The van der Waals surface area contributed by atoms with E-state index in [1.807, 2.05) is 12.3 Å². The Labute approximate surface area is 56.9 Å². The van der Waals surface area contributed by atoms with Crippen molar-refractivity contribution in [1.29, 1.82) is 0 Å². The maximum absolute atomic E-state index is 3.25. The highest BCUT2D eigenvalue weighted by Gasteiger charge is 2.06. The van der Waals surface area contributed by atoms with Gasteiger partial charge in [-0.15, -0.1) is 0 Å². The first-order valence-electron chi connectivity index (χ1n) is 3.53. The van der Waals surface area contributed by atoms with Gasteiger partial charge in [-0.3, -0.25) is 0 Å². The smallest absolute Gasteiger partial charge is 0.278 e. The molecule has 2 heteroatoms. The molecule has 1 heterocycles. The van der Waals surface area contributed by atoms with Crippen molar-refractivity contribution in [3.8, 4) is 0 Å². The Balaban J connectivity index is 2.28. The van der Waals surface area contributed by atoms with Gasteiger partial charge in [0.05, 0.1) is 0 Å². The Bertz CT molecular complexity index is 129. The number of nitrogens with one attached hydrogen (secondary N) is 1. The first-order chi connectivity index (χ1) is 4.43. The van der Waals surface area contributed by atoms with E-state index >= 15 is 0 Å². The summed E-state index contributed by atoms with van der Waals surface area (Å²) in [4.78, 5) is 0. The third-order valence-electron chi connectivity index (χ3n) is 1.46. The highest BCUT2D eigenvalue weighted by atomic mass is 14.7. The molecule has 0 fully saturated rings. The number of hydrogen-bond donors (Lipinski definition) is 1. The van der Waals surface area contributed by atoms with Crippen LogP contribution in [0, 0.1) is 0 Å². The van der Waals surface area contributed by atoms with Crippen LogP contribution in [0.15, 0.2) is 24.3 Å². The molecule has 0 saturated carbocycles. The number of hydrogen-bond acceptors (Lipinski definition) is 1. The fraction of sp³-hybridized carbons (Fsp3) is 0.429. The molecule has 1 aliphatic rings. The van der Waals surface area contributed by atoms with E-state index in [9.17, 15) is 0 Å². The molecular weight excluding hydrogens is 109 g/mol. The van der Waals surface area contributed by atoms with Crippen LogP contribution in [-0.2, 0) is 0 Å². The standard InChI is InChI=1S/C7H12BN/c1-2-5-8-6-3-4-7-9-8/h3-4,6-7,9H,2,5H2,1H3. The summed E-state index contributed by atoms with van der Waals surface area (Å²) in [5.74, 6) is 2.20. The molecule has 0 atom stereocenters. The van der Waals surface area contributed by atoms with Crippen molar-refractivity contribution in [3.63, 3.8) is 0 Å². The summed E-state index contributed by atoms with van der Waals surface area (Å²) in [5, 5.41) is 3.25. The first kappa shape index (κ1) is 6.46. The van der Waals surface area contributed by atoms with E-state index in [0.717, 1.165) is 0 Å². The van der Waals surface area contributed by atoms with E-state index in [0.29, 0.717) is 6.85 Å². The second-order valence-corrected chi connectivity index (χ2v) is 2.31. The average Bonchev–Trinajstić information content (AvgIpc) is 1.91. The lowest BCUT2D eigenvalue weighted by Crippen LogP contribution is -2.28. The molecule has 0 aliphatic carbocycles. The number of rotatable bonds is 2. The highest BCUT2D eigenvalue weighted by Crippen LogP contribution is 1.98. The van der Waals surface area contributed by atoms with Gasteiger partial charge in [-0.2, -0.15) is 0 Å². The van der Waals surface area contributed by atoms with Gasteiger partial charge in [-0.1, -0.05) is 25.4 Å². The van der Waals surface area contributed by atoms with Crippen LogP contribution < -0.4 is 5.23 Å². The normalized spacial score (nSPS) is 15.9. The van der Waals surface area contributed by atoms with E-state index in [2.05, 4.69) is 24.2 Å². The maximum atomic E-state index is 3.25. The summed E-state index contributed by atoms with van der Waals surface area (Å²) in [5.41, 5.74) is 0. The monoisotopic (exact) mass is 121 g/mol. The second kappa shape index (κ2) is 3.39. The van der Waals surface area contributed by atoms with Gasteiger partial charge in [0.25, 0.3) is 6.85 Å². The zero-order valence-electron chi connectivity index (χ0n) is 5.80. The van der Waals surface area contributed by atoms with Crippen molar-refractivity contribution in [2.45, 2.75) is 19.7 Å². The lowest BCUT2D eigenvalue weighted by atomic mass is 9.58. The molecule has 0 radical (unpaired) electrons. The van der Waals surface area contributed by atoms with Gasteiger partial charge in [-0.25, -0.2) is 0 Å². The molecule has 9 heavy (non-hydrogen) atoms. The number of allylic oxidation sites excluding steroid dienone is 2. The zero-order chi connectivity index (χ0) is 6.53. The molecule has 0 spiro atoms. The average molecular weight is 121 g/mol. The third kappa shape index (κ3) is 1.96. The summed E-state index contributed by atoms with van der Waals surface area (Å²) < 4.78 is 0. The molecule has 1 nitrogen and oxygen atoms in total. The lowest BCUT2D eigenvalue weighted by molar-refractivity contribution is 1.04. The van der Waals surface area contributed by atoms with Crippen molar-refractivity contribution >= 4 is 6.85 Å². The van der Waals surface area contributed by atoms with Crippen LogP contribution in [0.1, 0.15) is 13.3 Å². The predicted molar refractivity (Wildman–Crippen MR) is 42.3 cm³/mol. The fourth-order valence-electron chi connectivity index (χ4n) is 0.979. The highest BCUT2D eigenvalue weighted by molar-refractivity contribution is 6.62. The van der Waals surface area contributed by atoms with Gasteiger partial charge in [0.2, 0.25) is 0 Å². The van der Waals surface area contributed by atoms with Crippen LogP contribution in [-0.4, -0.2) is 6.85 Å². The minimum Gasteiger partial charge on any atom is -0.430 e. The molecule has 0 aromatic heterocycles. The maximum Gasteiger partial charge on any atom is 0.278 e. The summed E-state index contributed by atoms with van der Waals surface area (Å²) in [6.45, 7) is 2.79. The molecular formula is C7H12BN. The van der Waals surface area contributed by atoms with Crippen molar-refractivity contribution in [1.82, 2.24) is 5.23 Å². The van der Waals surface area contributed by atoms with E-state index in [-0.39, 0.29) is 0 Å². The molecule has 0 bridgehead atoms. The Kier molecular flexibility index (Phi) is 2.43. The van der Waals surface area contributed by atoms with Crippen molar-refractivity contribution in [2.75, 3.05) is 0 Å². The van der Waals surface area contributed by atoms with Crippen LogP contribution in [0.25, 0.3) is 0 Å². The molecule has 1 rings (SSSR count). The van der Waals surface area contributed by atoms with E-state index in [4.69, 9.17) is 0 Å². The summed E-state index contributed by atoms with van der Waals surface area (Å²) in [6, 6.07) is 0. The Morgan fingerprint density at radius 2 is 2.33 bits per heavy atom. The van der Waals surface area contributed by atoms with Gasteiger partial charge in [0, 0.05) is 0 Å². The minimum atomic E-state index is 0.583. The Morgan fingerprint density at radius 1 is 1.44 bits per heavy atom. The van der Waals surface area contributed by atoms with Gasteiger partial charge < -0.3 is 5.23 Å². The van der Waals surface area contributed by atoms with Crippen LogP contribution in [0.5, 0.6) is 0 Å². The predicted octanol–water partition coefficient (Wildman–Crippen LogP) is 1.60. The molecule has 0 unspecified atom stereocenters. The zero-order valence-corrected chi connectivity index (χ0v) is 5.80. The molecule has 1 N–H and O–H groups in total. The van der Waals surface area contributed by atoms with Gasteiger partial charge in [0.15, 0.2) is 0 Å². The second-order valence-electron chi connectivity index (χ2n) is 2.31. The molecule has 0 aromatic rings. The van der Waals surface area contributed by atoms with Gasteiger partial charge >= 0.3 is 0 Å². The topological polar surface area (TPSA) is 12.0 Å². The van der Waals surface area contributed by atoms with Gasteiger partial charge in [0.1, 0.15) is 0 Å². The molecule has 0 amide bonds. The van der Waals surface area contributed by atoms with Crippen molar-refractivity contribution in [3.05, 3.63) is 24.3 Å². The first-order valence-corrected chi connectivity index (χ1v) is 3.53. The Hall–Kier alpha value is -0.655. The lowest BCUT2D eigenvalue weighted by Gasteiger charge is -2.08. The van der Waals surface area contributed by atoms with Crippen LogP contribution in [0.4, 0.5) is 0 Å². The van der Waals surface area contributed by atoms with Crippen molar-refractivity contribution < 1.29 is 0 Å². The van der Waals surface area contributed by atoms with E-state index < -0.39 is 0 Å². The van der Waals surface area contributed by atoms with Crippen LogP contribution in [0.2, 0.25) is 6.32 Å². The molecule has 1 aliphatic heterocycles. The largest absolute Gasteiger partial charge is 0.430 e. The van der Waals surface area contributed by atoms with Crippen molar-refractivity contribution in [2.24, 2.45) is 0 Å². The van der Waals surface area contributed by atoms with Gasteiger partial charge in [-0.05, 0) is 18.6 Å². The molecule has 0 aromatic carbocycles. The van der Waals surface area contributed by atoms with E-state index in [1.54, 1.807) is 0 Å². The fourth-order valence-corrected chi connectivity index (χ4v) is 0.979. The quantitative estimate of drug-likeness (QED) is 0.547. The summed E-state index contributed by atoms with van der Waals surface area (Å²) >= 11 is 0. The third-order valence-corrected chi connectivity index (χ3v) is 1.46. The minimum absolute atomic E-state index is 0.583. The molecule has 0 saturated heterocycles. The van der Waals surface area contributed by atoms with Crippen LogP contribution >= 0.6 is 0 Å².